The minimum atomic E-state index is -5.07. The van der Waals surface area contributed by atoms with Crippen molar-refractivity contribution < 1.29 is 26.6 Å². The van der Waals surface area contributed by atoms with E-state index in [9.17, 15) is 22.2 Å². The van der Waals surface area contributed by atoms with Crippen molar-refractivity contribution in [2.24, 2.45) is 4.36 Å². The van der Waals surface area contributed by atoms with Gasteiger partial charge in [-0.25, -0.2) is 0 Å². The third kappa shape index (κ3) is 7.80. The molecule has 0 aromatic carbocycles. The first-order valence-corrected chi connectivity index (χ1v) is 11.7. The smallest absolute Gasteiger partial charge is 0.444 e. The molecule has 0 aliphatic heterocycles. The maximum atomic E-state index is 12.1. The molecule has 0 radical (unpaired) electrons. The van der Waals surface area contributed by atoms with Crippen LogP contribution in [0.5, 0.6) is 0 Å². The highest BCUT2D eigenvalue weighted by Crippen LogP contribution is 2.36. The standard InChI is InChI=1S/C14H27F3NO3SSi/c1-7-11(22(20)18-12(19)14(15,16)17)9-8-10-21-23(5,6)13(2,3)4/h11H,7-10H2,1-6H3/q-1. The van der Waals surface area contributed by atoms with E-state index < -0.39 is 36.2 Å². The number of rotatable bonds is 7. The van der Waals surface area contributed by atoms with Crippen molar-refractivity contribution in [3.05, 3.63) is 0 Å². The molecule has 1 atom stereocenters. The van der Waals surface area contributed by atoms with Crippen molar-refractivity contribution in [1.82, 2.24) is 0 Å². The topological polar surface area (TPSA) is 55.7 Å². The Labute approximate surface area is 139 Å². The monoisotopic (exact) mass is 374 g/mol. The van der Waals surface area contributed by atoms with Gasteiger partial charge >= 0.3 is 12.1 Å². The maximum absolute atomic E-state index is 12.1. The van der Waals surface area contributed by atoms with Gasteiger partial charge in [0.1, 0.15) is 0 Å². The van der Waals surface area contributed by atoms with Crippen LogP contribution in [0, 0.1) is 0 Å². The van der Waals surface area contributed by atoms with E-state index in [0.717, 1.165) is 0 Å². The average Bonchev–Trinajstić information content (AvgIpc) is 2.35. The summed E-state index contributed by atoms with van der Waals surface area (Å²) in [6.07, 6.45) is -3.69. The molecule has 0 rings (SSSR count). The Hall–Kier alpha value is -0.413. The van der Waals surface area contributed by atoms with Crippen LogP contribution in [0.3, 0.4) is 0 Å². The van der Waals surface area contributed by atoms with Gasteiger partial charge in [0.2, 0.25) is 0 Å². The third-order valence-electron chi connectivity index (χ3n) is 4.10. The van der Waals surface area contributed by atoms with Gasteiger partial charge in [0.05, 0.1) is 0 Å². The van der Waals surface area contributed by atoms with Gasteiger partial charge in [0, 0.05) is 6.61 Å². The number of amides is 1. The van der Waals surface area contributed by atoms with E-state index >= 15 is 0 Å². The molecule has 138 valence electrons. The van der Waals surface area contributed by atoms with E-state index in [2.05, 4.69) is 38.2 Å². The minimum Gasteiger partial charge on any atom is -0.444 e. The summed E-state index contributed by atoms with van der Waals surface area (Å²) in [7, 11) is -4.03. The molecule has 0 aliphatic carbocycles. The van der Waals surface area contributed by atoms with Crippen molar-refractivity contribution in [2.75, 3.05) is 6.61 Å². The largest absolute Gasteiger partial charge is 0.471 e. The number of carbonyl (C=O) groups is 1. The molecule has 23 heavy (non-hydrogen) atoms. The second kappa shape index (κ2) is 8.62. The molecule has 0 aliphatic rings. The van der Waals surface area contributed by atoms with E-state index in [1.54, 1.807) is 6.92 Å². The highest BCUT2D eigenvalue weighted by Gasteiger charge is 2.37. The van der Waals surface area contributed by atoms with Crippen LogP contribution >= 0.6 is 0 Å². The summed E-state index contributed by atoms with van der Waals surface area (Å²) in [6.45, 7) is 12.8. The second-order valence-corrected chi connectivity index (χ2v) is 13.2. The predicted octanol–water partition coefficient (Wildman–Crippen LogP) is 4.80. The molecule has 0 fully saturated rings. The first-order chi connectivity index (χ1) is 10.2. The number of hydrogen-bond donors (Lipinski definition) is 0. The van der Waals surface area contributed by atoms with Gasteiger partial charge in [-0.2, -0.15) is 23.8 Å². The number of halogens is 3. The first-order valence-electron chi connectivity index (χ1n) is 7.60. The van der Waals surface area contributed by atoms with E-state index in [4.69, 9.17) is 4.43 Å². The van der Waals surface area contributed by atoms with Crippen LogP contribution in [0.1, 0.15) is 47.0 Å². The zero-order valence-electron chi connectivity index (χ0n) is 14.6. The van der Waals surface area contributed by atoms with Gasteiger partial charge in [-0.3, -0.25) is 4.79 Å². The average molecular weight is 375 g/mol. The van der Waals surface area contributed by atoms with Crippen LogP contribution in [0.15, 0.2) is 4.36 Å². The zero-order chi connectivity index (χ0) is 18.5. The van der Waals surface area contributed by atoms with Gasteiger partial charge in [0.15, 0.2) is 8.32 Å². The molecule has 1 amide bonds. The Morgan fingerprint density at radius 1 is 1.26 bits per heavy atom. The Bertz CT molecular complexity index is 481. The van der Waals surface area contributed by atoms with Crippen LogP contribution < -0.4 is 0 Å². The van der Waals surface area contributed by atoms with E-state index in [1.165, 1.54) is 0 Å². The first kappa shape index (κ1) is 22.6. The highest BCUT2D eigenvalue weighted by molar-refractivity contribution is 7.75. The fraction of sp³-hybridized carbons (Fsp3) is 0.929. The Morgan fingerprint density at radius 2 is 1.78 bits per heavy atom. The van der Waals surface area contributed by atoms with Crippen LogP contribution in [0.2, 0.25) is 18.1 Å². The number of carbonyl (C=O) groups excluding carboxylic acids is 1. The van der Waals surface area contributed by atoms with Crippen molar-refractivity contribution in [3.63, 3.8) is 0 Å². The quantitative estimate of drug-likeness (QED) is 0.365. The number of hydrogen-bond acceptors (Lipinski definition) is 4. The number of alkyl halides is 3. The predicted molar refractivity (Wildman–Crippen MR) is 88.0 cm³/mol. The summed E-state index contributed by atoms with van der Waals surface area (Å²) in [5.41, 5.74) is 0. The van der Waals surface area contributed by atoms with Crippen LogP contribution in [0.4, 0.5) is 13.2 Å². The lowest BCUT2D eigenvalue weighted by atomic mass is 10.2. The summed E-state index contributed by atoms with van der Waals surface area (Å²) in [6, 6.07) is 0. The maximum Gasteiger partial charge on any atom is 0.471 e. The molecule has 0 N–H and O–H groups in total. The molecule has 0 bridgehead atoms. The SMILES string of the molecule is CCC(CCCO[Si](C)(C)C(C)(C)C)[S-](=O)=NC(=O)C(F)(F)F. The summed E-state index contributed by atoms with van der Waals surface area (Å²) >= 11 is 0. The Morgan fingerprint density at radius 3 is 2.17 bits per heavy atom. The Kier molecular flexibility index (Phi) is 8.46. The Balaban J connectivity index is 4.56. The molecule has 0 heterocycles. The fourth-order valence-corrected chi connectivity index (χ4v) is 3.67. The van der Waals surface area contributed by atoms with Gasteiger partial charge < -0.3 is 13.0 Å². The normalized spacial score (nSPS) is 16.4. The molecule has 1 unspecified atom stereocenters. The van der Waals surface area contributed by atoms with Gasteiger partial charge in [0.25, 0.3) is 0 Å². The molecule has 0 saturated carbocycles. The van der Waals surface area contributed by atoms with E-state index in [0.29, 0.717) is 25.9 Å². The lowest BCUT2D eigenvalue weighted by molar-refractivity contribution is -0.169. The lowest BCUT2D eigenvalue weighted by Gasteiger charge is -2.36. The molecule has 0 saturated heterocycles. The zero-order valence-corrected chi connectivity index (χ0v) is 16.4. The van der Waals surface area contributed by atoms with Crippen LogP contribution in [-0.4, -0.2) is 32.3 Å². The van der Waals surface area contributed by atoms with Crippen LogP contribution in [-0.2, 0) is 24.0 Å². The van der Waals surface area contributed by atoms with Crippen molar-refractivity contribution in [2.45, 2.75) is 76.5 Å². The molecular weight excluding hydrogens is 347 g/mol. The molecule has 0 aromatic heterocycles. The highest BCUT2D eigenvalue weighted by atomic mass is 32.2. The summed E-state index contributed by atoms with van der Waals surface area (Å²) in [4.78, 5) is 10.8. The molecule has 9 heteroatoms. The van der Waals surface area contributed by atoms with Gasteiger partial charge in [-0.1, -0.05) is 45.8 Å². The van der Waals surface area contributed by atoms with Crippen molar-refractivity contribution in [3.8, 4) is 0 Å². The summed E-state index contributed by atoms with van der Waals surface area (Å²) < 4.78 is 56.9. The molecule has 0 aromatic rings. The van der Waals surface area contributed by atoms with Gasteiger partial charge in [-0.15, -0.1) is 0 Å². The van der Waals surface area contributed by atoms with Gasteiger partial charge in [-0.05, 0) is 24.6 Å². The number of nitrogens with zero attached hydrogens (tertiary/aromatic N) is 1. The minimum absolute atomic E-state index is 0.0778. The van der Waals surface area contributed by atoms with E-state index in [-0.39, 0.29) is 5.04 Å². The molecule has 4 nitrogen and oxygen atoms in total. The van der Waals surface area contributed by atoms with Crippen molar-refractivity contribution in [1.29, 1.82) is 0 Å². The van der Waals surface area contributed by atoms with Crippen LogP contribution in [0.25, 0.3) is 0 Å². The molecule has 0 spiro atoms. The molecular formula is C14H27F3NO3SSi-. The fourth-order valence-electron chi connectivity index (χ4n) is 1.51. The summed E-state index contributed by atoms with van der Waals surface area (Å²) in [5, 5.41) is -0.488. The second-order valence-electron chi connectivity index (χ2n) is 6.95. The van der Waals surface area contributed by atoms with E-state index in [1.807, 2.05) is 0 Å². The third-order valence-corrected chi connectivity index (χ3v) is 10.1. The lowest BCUT2D eigenvalue weighted by Crippen LogP contribution is -2.41. The van der Waals surface area contributed by atoms with Crippen molar-refractivity contribution >= 4 is 24.8 Å². The summed E-state index contributed by atoms with van der Waals surface area (Å²) in [5.74, 6) is -2.29.